The quantitative estimate of drug-likeness (QED) is 0.438. The van der Waals surface area contributed by atoms with Crippen LogP contribution in [0.2, 0.25) is 5.02 Å². The lowest BCUT2D eigenvalue weighted by Gasteiger charge is -2.17. The minimum absolute atomic E-state index is 0.0616. The number of unbranched alkanes of at least 4 members (excludes halogenated alkanes) is 1. The summed E-state index contributed by atoms with van der Waals surface area (Å²) in [5.41, 5.74) is -0.688. The van der Waals surface area contributed by atoms with E-state index in [9.17, 15) is 22.8 Å². The van der Waals surface area contributed by atoms with E-state index in [0.717, 1.165) is 29.9 Å². The number of anilines is 2. The molecule has 2 aromatic carbocycles. The van der Waals surface area contributed by atoms with E-state index in [1.165, 1.54) is 17.8 Å². The number of benzene rings is 2. The fourth-order valence-corrected chi connectivity index (χ4v) is 3.57. The number of hydrogen-bond donors (Lipinski definition) is 2. The van der Waals surface area contributed by atoms with Gasteiger partial charge in [0.25, 0.3) is 0 Å². The Morgan fingerprint density at radius 2 is 1.77 bits per heavy atom. The van der Waals surface area contributed by atoms with Gasteiger partial charge in [0.15, 0.2) is 0 Å². The molecule has 2 rings (SSSR count). The normalized spacial score (nSPS) is 12.3. The van der Waals surface area contributed by atoms with Crippen molar-refractivity contribution < 1.29 is 22.8 Å². The van der Waals surface area contributed by atoms with Crippen LogP contribution >= 0.6 is 23.4 Å². The van der Waals surface area contributed by atoms with Crippen molar-refractivity contribution in [2.75, 3.05) is 10.6 Å². The Labute approximate surface area is 182 Å². The minimum atomic E-state index is -4.64. The van der Waals surface area contributed by atoms with Gasteiger partial charge in [-0.15, -0.1) is 11.8 Å². The predicted molar refractivity (Wildman–Crippen MR) is 115 cm³/mol. The highest BCUT2D eigenvalue weighted by atomic mass is 35.5. The highest BCUT2D eigenvalue weighted by Crippen LogP contribution is 2.37. The van der Waals surface area contributed by atoms with Gasteiger partial charge >= 0.3 is 6.18 Å². The fraction of sp³-hybridized carbons (Fsp3) is 0.333. The largest absolute Gasteiger partial charge is 0.418 e. The van der Waals surface area contributed by atoms with E-state index in [-0.39, 0.29) is 16.6 Å². The second kappa shape index (κ2) is 10.7. The van der Waals surface area contributed by atoms with Gasteiger partial charge in [-0.2, -0.15) is 13.2 Å². The Bertz CT molecular complexity index is 889. The zero-order chi connectivity index (χ0) is 22.3. The molecule has 2 N–H and O–H groups in total. The summed E-state index contributed by atoms with van der Waals surface area (Å²) in [4.78, 5) is 24.9. The molecule has 4 nitrogen and oxygen atoms in total. The van der Waals surface area contributed by atoms with Crippen LogP contribution in [0.4, 0.5) is 24.5 Å². The zero-order valence-electron chi connectivity index (χ0n) is 16.5. The van der Waals surface area contributed by atoms with Gasteiger partial charge in [-0.3, -0.25) is 9.59 Å². The maximum Gasteiger partial charge on any atom is 0.418 e. The number of rotatable bonds is 8. The Kier molecular flexibility index (Phi) is 8.61. The number of amides is 2. The van der Waals surface area contributed by atoms with Crippen LogP contribution < -0.4 is 10.6 Å². The van der Waals surface area contributed by atoms with E-state index in [4.69, 9.17) is 11.6 Å². The number of nitrogens with one attached hydrogen (secondary N) is 2. The van der Waals surface area contributed by atoms with Crippen LogP contribution in [0.25, 0.3) is 0 Å². The van der Waals surface area contributed by atoms with Crippen molar-refractivity contribution in [2.45, 2.75) is 49.4 Å². The SMILES string of the molecule is CCCCC(=O)Nc1ccc(SC(C)C(=O)Nc2ccc(Cl)cc2C(F)(F)F)cc1. The molecule has 0 aliphatic carbocycles. The Hall–Kier alpha value is -2.19. The summed E-state index contributed by atoms with van der Waals surface area (Å²) in [5, 5.41) is 4.41. The monoisotopic (exact) mass is 458 g/mol. The first-order valence-corrected chi connectivity index (χ1v) is 10.6. The molecule has 0 aromatic heterocycles. The van der Waals surface area contributed by atoms with E-state index < -0.39 is 22.9 Å². The Morgan fingerprint density at radius 1 is 1.10 bits per heavy atom. The molecule has 2 amide bonds. The number of hydrogen-bond acceptors (Lipinski definition) is 3. The van der Waals surface area contributed by atoms with Crippen LogP contribution in [0.3, 0.4) is 0 Å². The molecular formula is C21H22ClF3N2O2S. The van der Waals surface area contributed by atoms with Crippen molar-refractivity contribution in [3.8, 4) is 0 Å². The first-order chi connectivity index (χ1) is 14.1. The molecular weight excluding hydrogens is 437 g/mol. The molecule has 0 bridgehead atoms. The first-order valence-electron chi connectivity index (χ1n) is 9.34. The lowest BCUT2D eigenvalue weighted by atomic mass is 10.1. The smallest absolute Gasteiger partial charge is 0.326 e. The maximum absolute atomic E-state index is 13.2. The third-order valence-corrected chi connectivity index (χ3v) is 5.47. The predicted octanol–water partition coefficient (Wildman–Crippen LogP) is 6.61. The third-order valence-electron chi connectivity index (χ3n) is 4.12. The van der Waals surface area contributed by atoms with Crippen molar-refractivity contribution in [3.63, 3.8) is 0 Å². The number of carbonyl (C=O) groups is 2. The molecule has 0 saturated heterocycles. The topological polar surface area (TPSA) is 58.2 Å². The minimum Gasteiger partial charge on any atom is -0.326 e. The van der Waals surface area contributed by atoms with Crippen LogP contribution in [0.15, 0.2) is 47.4 Å². The number of alkyl halides is 3. The second-order valence-electron chi connectivity index (χ2n) is 6.61. The lowest BCUT2D eigenvalue weighted by Crippen LogP contribution is -2.24. The van der Waals surface area contributed by atoms with Crippen molar-refractivity contribution in [1.29, 1.82) is 0 Å². The maximum atomic E-state index is 13.2. The van der Waals surface area contributed by atoms with Crippen molar-refractivity contribution in [1.82, 2.24) is 0 Å². The molecule has 0 aliphatic heterocycles. The van der Waals surface area contributed by atoms with Gasteiger partial charge in [-0.1, -0.05) is 24.9 Å². The van der Waals surface area contributed by atoms with Gasteiger partial charge in [-0.05, 0) is 55.8 Å². The second-order valence-corrected chi connectivity index (χ2v) is 8.46. The van der Waals surface area contributed by atoms with Gasteiger partial charge in [0.2, 0.25) is 11.8 Å². The molecule has 0 aliphatic rings. The van der Waals surface area contributed by atoms with Gasteiger partial charge in [0.1, 0.15) is 0 Å². The van der Waals surface area contributed by atoms with Gasteiger partial charge in [-0.25, -0.2) is 0 Å². The summed E-state index contributed by atoms with van der Waals surface area (Å²) in [7, 11) is 0. The molecule has 0 radical (unpaired) electrons. The van der Waals surface area contributed by atoms with Crippen LogP contribution in [0.5, 0.6) is 0 Å². The standard InChI is InChI=1S/C21H22ClF3N2O2S/c1-3-4-5-19(28)26-15-7-9-16(10-8-15)30-13(2)20(29)27-18-11-6-14(22)12-17(18)21(23,24)25/h6-13H,3-5H2,1-2H3,(H,26,28)(H,27,29). The summed E-state index contributed by atoms with van der Waals surface area (Å²) < 4.78 is 39.5. The summed E-state index contributed by atoms with van der Waals surface area (Å²) in [5.74, 6) is -0.627. The third kappa shape index (κ3) is 7.25. The van der Waals surface area contributed by atoms with Crippen molar-refractivity contribution in [3.05, 3.63) is 53.1 Å². The van der Waals surface area contributed by atoms with E-state index in [0.29, 0.717) is 12.1 Å². The van der Waals surface area contributed by atoms with E-state index in [1.54, 1.807) is 31.2 Å². The van der Waals surface area contributed by atoms with Crippen LogP contribution in [-0.4, -0.2) is 17.1 Å². The van der Waals surface area contributed by atoms with Gasteiger partial charge in [0, 0.05) is 22.0 Å². The molecule has 162 valence electrons. The van der Waals surface area contributed by atoms with E-state index in [1.807, 2.05) is 6.92 Å². The van der Waals surface area contributed by atoms with Gasteiger partial charge < -0.3 is 10.6 Å². The average Bonchev–Trinajstić information content (AvgIpc) is 2.68. The summed E-state index contributed by atoms with van der Waals surface area (Å²) in [6.07, 6.45) is -2.43. The lowest BCUT2D eigenvalue weighted by molar-refractivity contribution is -0.137. The van der Waals surface area contributed by atoms with E-state index in [2.05, 4.69) is 10.6 Å². The molecule has 1 unspecified atom stereocenters. The highest BCUT2D eigenvalue weighted by molar-refractivity contribution is 8.00. The number of halogens is 4. The van der Waals surface area contributed by atoms with Crippen LogP contribution in [0.1, 0.15) is 38.7 Å². The molecule has 0 heterocycles. The average molecular weight is 459 g/mol. The molecule has 2 aromatic rings. The molecule has 0 spiro atoms. The number of thioether (sulfide) groups is 1. The van der Waals surface area contributed by atoms with Crippen molar-refractivity contribution >= 4 is 46.6 Å². The van der Waals surface area contributed by atoms with Gasteiger partial charge in [0.05, 0.1) is 16.5 Å². The molecule has 1 atom stereocenters. The summed E-state index contributed by atoms with van der Waals surface area (Å²) in [6.45, 7) is 3.61. The molecule has 0 fully saturated rings. The van der Waals surface area contributed by atoms with Crippen molar-refractivity contribution in [2.24, 2.45) is 0 Å². The highest BCUT2D eigenvalue weighted by Gasteiger charge is 2.34. The van der Waals surface area contributed by atoms with Crippen LogP contribution in [0, 0.1) is 0 Å². The Balaban J connectivity index is 1.99. The molecule has 0 saturated carbocycles. The number of carbonyl (C=O) groups excluding carboxylic acids is 2. The van der Waals surface area contributed by atoms with Crippen LogP contribution in [-0.2, 0) is 15.8 Å². The Morgan fingerprint density at radius 3 is 2.37 bits per heavy atom. The first kappa shape index (κ1) is 24.1. The molecule has 9 heteroatoms. The van der Waals surface area contributed by atoms with E-state index >= 15 is 0 Å². The summed E-state index contributed by atoms with van der Waals surface area (Å²) >= 11 is 6.85. The fourth-order valence-electron chi connectivity index (χ4n) is 2.53. The molecule has 30 heavy (non-hydrogen) atoms. The summed E-state index contributed by atoms with van der Waals surface area (Å²) in [6, 6.07) is 10.1. The zero-order valence-corrected chi connectivity index (χ0v) is 18.0.